The summed E-state index contributed by atoms with van der Waals surface area (Å²) in [6.07, 6.45) is 4.24. The summed E-state index contributed by atoms with van der Waals surface area (Å²) in [5.41, 5.74) is 2.09. The van der Waals surface area contributed by atoms with Crippen molar-refractivity contribution in [2.45, 2.75) is 37.8 Å². The van der Waals surface area contributed by atoms with Gasteiger partial charge in [0.25, 0.3) is 5.56 Å². The second-order valence-electron chi connectivity index (χ2n) is 8.79. The van der Waals surface area contributed by atoms with Gasteiger partial charge in [-0.1, -0.05) is 12.1 Å². The molecule has 1 aliphatic carbocycles. The Morgan fingerprint density at radius 1 is 0.900 bits per heavy atom. The predicted molar refractivity (Wildman–Crippen MR) is 116 cm³/mol. The van der Waals surface area contributed by atoms with Gasteiger partial charge in [-0.2, -0.15) is 0 Å². The Labute approximate surface area is 174 Å². The first-order valence-electron chi connectivity index (χ1n) is 11.0. The molecule has 4 aliphatic rings. The lowest BCUT2D eigenvalue weighted by Crippen LogP contribution is -2.38. The van der Waals surface area contributed by atoms with E-state index in [0.717, 1.165) is 44.7 Å². The first kappa shape index (κ1) is 18.1. The van der Waals surface area contributed by atoms with E-state index in [4.69, 9.17) is 4.98 Å². The highest BCUT2D eigenvalue weighted by molar-refractivity contribution is 5.83. The Balaban J connectivity index is 1.50. The van der Waals surface area contributed by atoms with Gasteiger partial charge in [0.1, 0.15) is 11.6 Å². The van der Waals surface area contributed by atoms with Crippen molar-refractivity contribution in [3.05, 3.63) is 58.6 Å². The Morgan fingerprint density at radius 3 is 2.47 bits per heavy atom. The second-order valence-corrected chi connectivity index (χ2v) is 8.79. The molecule has 2 bridgehead atoms. The minimum Gasteiger partial charge on any atom is -0.367 e. The standard InChI is InChI=1S/C24H25FN4O/c25-21-4-2-1-3-19(21)23-26-22-8-7-18(15-20(22)24(30)29(23)17-5-6-17)28-14-13-27-11-9-16(28)10-12-27/h1-4,7-8,15-17H,5-6,9-14H2. The lowest BCUT2D eigenvalue weighted by Gasteiger charge is -2.33. The van der Waals surface area contributed by atoms with E-state index in [1.165, 1.54) is 18.9 Å². The van der Waals surface area contributed by atoms with Gasteiger partial charge in [-0.3, -0.25) is 9.36 Å². The molecule has 0 N–H and O–H groups in total. The smallest absolute Gasteiger partial charge is 0.261 e. The third-order valence-electron chi connectivity index (χ3n) is 6.90. The van der Waals surface area contributed by atoms with Crippen LogP contribution in [0.25, 0.3) is 22.3 Å². The Hall–Kier alpha value is -2.73. The van der Waals surface area contributed by atoms with Crippen LogP contribution in [-0.4, -0.2) is 46.7 Å². The number of nitrogens with zero attached hydrogens (tertiary/aromatic N) is 4. The minimum absolute atomic E-state index is 0.0505. The van der Waals surface area contributed by atoms with Crippen LogP contribution >= 0.6 is 0 Å². The van der Waals surface area contributed by atoms with Gasteiger partial charge in [0.05, 0.1) is 16.5 Å². The maximum absolute atomic E-state index is 14.5. The number of hydrogen-bond acceptors (Lipinski definition) is 4. The van der Waals surface area contributed by atoms with E-state index in [1.807, 2.05) is 12.1 Å². The van der Waals surface area contributed by atoms with E-state index in [0.29, 0.717) is 28.3 Å². The van der Waals surface area contributed by atoms with Crippen LogP contribution in [0.3, 0.4) is 0 Å². The lowest BCUT2D eigenvalue weighted by molar-refractivity contribution is 0.250. The zero-order chi connectivity index (χ0) is 20.2. The third-order valence-corrected chi connectivity index (χ3v) is 6.90. The highest BCUT2D eigenvalue weighted by atomic mass is 19.1. The van der Waals surface area contributed by atoms with Gasteiger partial charge in [-0.15, -0.1) is 0 Å². The van der Waals surface area contributed by atoms with Crippen molar-refractivity contribution in [3.63, 3.8) is 0 Å². The first-order valence-corrected chi connectivity index (χ1v) is 11.0. The summed E-state index contributed by atoms with van der Waals surface area (Å²) in [5.74, 6) is 0.104. The molecule has 3 saturated heterocycles. The van der Waals surface area contributed by atoms with Crippen molar-refractivity contribution in [2.75, 3.05) is 31.1 Å². The highest BCUT2D eigenvalue weighted by Gasteiger charge is 2.31. The number of halogens is 1. The SMILES string of the molecule is O=c1c2cc(N3CCN4CCC3CC4)ccc2nc(-c2ccccc2F)n1C1CC1. The topological polar surface area (TPSA) is 41.4 Å². The van der Waals surface area contributed by atoms with E-state index in [2.05, 4.69) is 15.9 Å². The van der Waals surface area contributed by atoms with E-state index < -0.39 is 0 Å². The molecule has 6 heteroatoms. The van der Waals surface area contributed by atoms with Gasteiger partial charge in [0, 0.05) is 44.0 Å². The quantitative estimate of drug-likeness (QED) is 0.666. The van der Waals surface area contributed by atoms with Crippen molar-refractivity contribution < 1.29 is 4.39 Å². The molecule has 7 rings (SSSR count). The fourth-order valence-electron chi connectivity index (χ4n) is 5.10. The molecule has 2 aromatic carbocycles. The number of rotatable bonds is 3. The molecule has 1 saturated carbocycles. The zero-order valence-electron chi connectivity index (χ0n) is 16.9. The van der Waals surface area contributed by atoms with E-state index in [1.54, 1.807) is 22.8 Å². The van der Waals surface area contributed by atoms with Crippen molar-refractivity contribution in [1.29, 1.82) is 0 Å². The molecule has 4 fully saturated rings. The summed E-state index contributed by atoms with van der Waals surface area (Å²) in [6, 6.07) is 13.3. The van der Waals surface area contributed by atoms with Gasteiger partial charge >= 0.3 is 0 Å². The Kier molecular flexibility index (Phi) is 4.16. The van der Waals surface area contributed by atoms with E-state index >= 15 is 0 Å². The van der Waals surface area contributed by atoms with Gasteiger partial charge in [-0.25, -0.2) is 9.37 Å². The summed E-state index contributed by atoms with van der Waals surface area (Å²) in [7, 11) is 0. The third kappa shape index (κ3) is 2.93. The van der Waals surface area contributed by atoms with Crippen LogP contribution in [0.1, 0.15) is 31.7 Å². The van der Waals surface area contributed by atoms with Crippen molar-refractivity contribution in [3.8, 4) is 11.4 Å². The van der Waals surface area contributed by atoms with Gasteiger partial charge < -0.3 is 9.80 Å². The average Bonchev–Trinajstić information content (AvgIpc) is 3.62. The molecule has 5 nitrogen and oxygen atoms in total. The fourth-order valence-corrected chi connectivity index (χ4v) is 5.10. The van der Waals surface area contributed by atoms with Crippen molar-refractivity contribution in [2.24, 2.45) is 0 Å². The lowest BCUT2D eigenvalue weighted by atomic mass is 10.0. The Bertz CT molecular complexity index is 1180. The van der Waals surface area contributed by atoms with Crippen LogP contribution in [0.5, 0.6) is 0 Å². The molecule has 0 radical (unpaired) electrons. The average molecular weight is 404 g/mol. The highest BCUT2D eigenvalue weighted by Crippen LogP contribution is 2.38. The molecule has 0 spiro atoms. The van der Waals surface area contributed by atoms with Gasteiger partial charge in [0.2, 0.25) is 0 Å². The van der Waals surface area contributed by atoms with Crippen LogP contribution < -0.4 is 10.5 Å². The molecule has 154 valence electrons. The zero-order valence-corrected chi connectivity index (χ0v) is 16.9. The molecule has 0 amide bonds. The summed E-state index contributed by atoms with van der Waals surface area (Å²) in [5, 5.41) is 0.638. The predicted octanol–water partition coefficient (Wildman–Crippen LogP) is 3.82. The molecular formula is C24H25FN4O. The normalized spacial score (nSPS) is 23.7. The maximum Gasteiger partial charge on any atom is 0.261 e. The molecule has 3 aliphatic heterocycles. The molecule has 3 aromatic rings. The minimum atomic E-state index is -0.342. The summed E-state index contributed by atoms with van der Waals surface area (Å²) in [6.45, 7) is 4.40. The van der Waals surface area contributed by atoms with Crippen LogP contribution in [0.4, 0.5) is 10.1 Å². The van der Waals surface area contributed by atoms with Crippen LogP contribution in [0.15, 0.2) is 47.3 Å². The van der Waals surface area contributed by atoms with Crippen molar-refractivity contribution >= 4 is 16.6 Å². The fraction of sp³-hybridized carbons (Fsp3) is 0.417. The second kappa shape index (κ2) is 6.91. The largest absolute Gasteiger partial charge is 0.367 e. The van der Waals surface area contributed by atoms with Crippen LogP contribution in [0, 0.1) is 5.82 Å². The molecule has 4 heterocycles. The monoisotopic (exact) mass is 404 g/mol. The van der Waals surface area contributed by atoms with E-state index in [9.17, 15) is 9.18 Å². The van der Waals surface area contributed by atoms with Gasteiger partial charge in [-0.05, 0) is 56.0 Å². The molecule has 0 atom stereocenters. The van der Waals surface area contributed by atoms with Crippen LogP contribution in [0.2, 0.25) is 0 Å². The van der Waals surface area contributed by atoms with Gasteiger partial charge in [0.15, 0.2) is 0 Å². The number of fused-ring (bicyclic) bond motifs is 5. The molecule has 0 unspecified atom stereocenters. The number of piperidine rings is 1. The maximum atomic E-state index is 14.5. The summed E-state index contributed by atoms with van der Waals surface area (Å²) >= 11 is 0. The van der Waals surface area contributed by atoms with Crippen molar-refractivity contribution in [1.82, 2.24) is 14.5 Å². The number of hydrogen-bond donors (Lipinski definition) is 0. The van der Waals surface area contributed by atoms with Crippen LogP contribution in [-0.2, 0) is 0 Å². The Morgan fingerprint density at radius 2 is 1.70 bits per heavy atom. The number of aromatic nitrogens is 2. The molecule has 1 aromatic heterocycles. The summed E-state index contributed by atoms with van der Waals surface area (Å²) in [4.78, 5) is 23.3. The number of benzene rings is 2. The molecular weight excluding hydrogens is 379 g/mol. The van der Waals surface area contributed by atoms with E-state index in [-0.39, 0.29) is 17.4 Å². The number of anilines is 1. The summed E-state index contributed by atoms with van der Waals surface area (Å²) < 4.78 is 16.3. The first-order chi connectivity index (χ1) is 14.7. The molecule has 30 heavy (non-hydrogen) atoms.